The maximum atomic E-state index is 2.58. The molecular formula is C17H28N2. The van der Waals surface area contributed by atoms with Gasteiger partial charge < -0.3 is 0 Å². The van der Waals surface area contributed by atoms with Gasteiger partial charge in [-0.2, -0.15) is 0 Å². The fourth-order valence-corrected chi connectivity index (χ4v) is 2.75. The fourth-order valence-electron chi connectivity index (χ4n) is 2.75. The number of hydrogen-bond acceptors (Lipinski definition) is 2. The van der Waals surface area contributed by atoms with Crippen LogP contribution in [0, 0.1) is 0 Å². The van der Waals surface area contributed by atoms with E-state index in [-0.39, 0.29) is 0 Å². The van der Waals surface area contributed by atoms with Crippen molar-refractivity contribution in [2.75, 3.05) is 26.2 Å². The zero-order valence-electron chi connectivity index (χ0n) is 12.9. The molecule has 0 bridgehead atoms. The monoisotopic (exact) mass is 260 g/mol. The molecule has 1 aromatic rings. The third kappa shape index (κ3) is 4.05. The van der Waals surface area contributed by atoms with E-state index in [0.717, 1.165) is 6.54 Å². The van der Waals surface area contributed by atoms with Crippen LogP contribution in [-0.2, 0) is 6.54 Å². The van der Waals surface area contributed by atoms with Gasteiger partial charge in [-0.25, -0.2) is 0 Å². The summed E-state index contributed by atoms with van der Waals surface area (Å²) in [6.45, 7) is 15.0. The maximum Gasteiger partial charge on any atom is 0.0234 e. The summed E-state index contributed by atoms with van der Waals surface area (Å²) in [6, 6.07) is 9.77. The lowest BCUT2D eigenvalue weighted by molar-refractivity contribution is 0.104. The summed E-state index contributed by atoms with van der Waals surface area (Å²) < 4.78 is 0. The highest BCUT2D eigenvalue weighted by atomic mass is 15.3. The first kappa shape index (κ1) is 14.5. The van der Waals surface area contributed by atoms with Gasteiger partial charge in [-0.05, 0) is 30.9 Å². The molecular weight excluding hydrogens is 232 g/mol. The van der Waals surface area contributed by atoms with Crippen LogP contribution in [0.5, 0.6) is 0 Å². The van der Waals surface area contributed by atoms with Crippen molar-refractivity contribution in [1.29, 1.82) is 0 Å². The third-order valence-electron chi connectivity index (χ3n) is 4.16. The average molecular weight is 260 g/mol. The molecule has 2 nitrogen and oxygen atoms in total. The third-order valence-corrected chi connectivity index (χ3v) is 4.16. The van der Waals surface area contributed by atoms with E-state index < -0.39 is 0 Å². The fraction of sp³-hybridized carbons (Fsp3) is 0.647. The summed E-state index contributed by atoms with van der Waals surface area (Å²) in [7, 11) is 0. The zero-order valence-corrected chi connectivity index (χ0v) is 12.9. The Morgan fingerprint density at radius 2 is 1.68 bits per heavy atom. The molecule has 0 N–H and O–H groups in total. The Labute approximate surface area is 118 Å². The molecule has 0 atom stereocenters. The van der Waals surface area contributed by atoms with Gasteiger partial charge in [0, 0.05) is 38.8 Å². The van der Waals surface area contributed by atoms with Crippen molar-refractivity contribution in [3.8, 4) is 0 Å². The standard InChI is InChI=1S/C17H28N2/c1-14(2)17-7-5-6-16(12-17)13-18-8-10-19(11-9-18)15(3)4/h5-7,12,14-15H,8-11,13H2,1-4H3. The van der Waals surface area contributed by atoms with Crippen molar-refractivity contribution in [1.82, 2.24) is 9.80 Å². The highest BCUT2D eigenvalue weighted by Crippen LogP contribution is 2.17. The van der Waals surface area contributed by atoms with E-state index in [0.29, 0.717) is 12.0 Å². The predicted octanol–water partition coefficient (Wildman–Crippen LogP) is 3.34. The van der Waals surface area contributed by atoms with E-state index in [1.54, 1.807) is 0 Å². The van der Waals surface area contributed by atoms with Crippen LogP contribution < -0.4 is 0 Å². The summed E-state index contributed by atoms with van der Waals surface area (Å²) in [5, 5.41) is 0. The van der Waals surface area contributed by atoms with Crippen molar-refractivity contribution in [3.05, 3.63) is 35.4 Å². The summed E-state index contributed by atoms with van der Waals surface area (Å²) >= 11 is 0. The molecule has 0 aliphatic carbocycles. The van der Waals surface area contributed by atoms with Gasteiger partial charge in [0.25, 0.3) is 0 Å². The van der Waals surface area contributed by atoms with Gasteiger partial charge in [0.1, 0.15) is 0 Å². The van der Waals surface area contributed by atoms with Crippen molar-refractivity contribution in [3.63, 3.8) is 0 Å². The second-order valence-corrected chi connectivity index (χ2v) is 6.31. The number of benzene rings is 1. The van der Waals surface area contributed by atoms with E-state index in [9.17, 15) is 0 Å². The maximum absolute atomic E-state index is 2.58. The minimum absolute atomic E-state index is 0.623. The quantitative estimate of drug-likeness (QED) is 0.819. The highest BCUT2D eigenvalue weighted by Gasteiger charge is 2.18. The van der Waals surface area contributed by atoms with Crippen LogP contribution in [0.4, 0.5) is 0 Å². The number of piperazine rings is 1. The van der Waals surface area contributed by atoms with Crippen LogP contribution in [0.3, 0.4) is 0 Å². The molecule has 19 heavy (non-hydrogen) atoms. The topological polar surface area (TPSA) is 6.48 Å². The molecule has 0 radical (unpaired) electrons. The first-order valence-corrected chi connectivity index (χ1v) is 7.61. The van der Waals surface area contributed by atoms with Crippen molar-refractivity contribution < 1.29 is 0 Å². The Balaban J connectivity index is 1.90. The van der Waals surface area contributed by atoms with Gasteiger partial charge in [0.15, 0.2) is 0 Å². The minimum atomic E-state index is 0.623. The van der Waals surface area contributed by atoms with E-state index in [1.807, 2.05) is 0 Å². The molecule has 106 valence electrons. The van der Waals surface area contributed by atoms with Gasteiger partial charge in [-0.15, -0.1) is 0 Å². The van der Waals surface area contributed by atoms with Crippen LogP contribution in [0.25, 0.3) is 0 Å². The SMILES string of the molecule is CC(C)c1cccc(CN2CCN(C(C)C)CC2)c1. The highest BCUT2D eigenvalue weighted by molar-refractivity contribution is 5.25. The Hall–Kier alpha value is -0.860. The van der Waals surface area contributed by atoms with Crippen molar-refractivity contribution in [2.24, 2.45) is 0 Å². The largest absolute Gasteiger partial charge is 0.298 e. The second kappa shape index (κ2) is 6.53. The van der Waals surface area contributed by atoms with Crippen LogP contribution >= 0.6 is 0 Å². The molecule has 2 rings (SSSR count). The van der Waals surface area contributed by atoms with Crippen LogP contribution in [0.15, 0.2) is 24.3 Å². The smallest absolute Gasteiger partial charge is 0.0234 e. The summed E-state index contributed by atoms with van der Waals surface area (Å²) in [6.07, 6.45) is 0. The first-order chi connectivity index (χ1) is 9.06. The predicted molar refractivity (Wildman–Crippen MR) is 82.5 cm³/mol. The molecule has 1 fully saturated rings. The molecule has 0 unspecified atom stereocenters. The van der Waals surface area contributed by atoms with Gasteiger partial charge in [-0.1, -0.05) is 38.1 Å². The molecule has 1 heterocycles. The van der Waals surface area contributed by atoms with E-state index in [4.69, 9.17) is 0 Å². The van der Waals surface area contributed by atoms with Crippen LogP contribution in [0.2, 0.25) is 0 Å². The summed E-state index contributed by atoms with van der Waals surface area (Å²) in [4.78, 5) is 5.15. The van der Waals surface area contributed by atoms with Gasteiger partial charge in [0.05, 0.1) is 0 Å². The van der Waals surface area contributed by atoms with Crippen LogP contribution in [0.1, 0.15) is 44.7 Å². The van der Waals surface area contributed by atoms with Gasteiger partial charge in [0.2, 0.25) is 0 Å². The Morgan fingerprint density at radius 1 is 1.00 bits per heavy atom. The van der Waals surface area contributed by atoms with Crippen LogP contribution in [-0.4, -0.2) is 42.0 Å². The summed E-state index contributed by atoms with van der Waals surface area (Å²) in [5.41, 5.74) is 2.92. The molecule has 0 spiro atoms. The molecule has 0 amide bonds. The Morgan fingerprint density at radius 3 is 2.26 bits per heavy atom. The number of rotatable bonds is 4. The van der Waals surface area contributed by atoms with Gasteiger partial charge >= 0.3 is 0 Å². The first-order valence-electron chi connectivity index (χ1n) is 7.61. The lowest BCUT2D eigenvalue weighted by atomic mass is 10.0. The van der Waals surface area contributed by atoms with Crippen molar-refractivity contribution >= 4 is 0 Å². The Kier molecular flexibility index (Phi) is 5.00. The molecule has 2 heteroatoms. The molecule has 0 saturated carbocycles. The molecule has 0 aromatic heterocycles. The van der Waals surface area contributed by atoms with E-state index in [1.165, 1.54) is 37.3 Å². The average Bonchev–Trinajstić information content (AvgIpc) is 2.39. The number of hydrogen-bond donors (Lipinski definition) is 0. The number of nitrogens with zero attached hydrogens (tertiary/aromatic N) is 2. The Bertz CT molecular complexity index is 390. The molecule has 1 saturated heterocycles. The second-order valence-electron chi connectivity index (χ2n) is 6.31. The minimum Gasteiger partial charge on any atom is -0.298 e. The molecule has 1 aromatic carbocycles. The molecule has 1 aliphatic rings. The zero-order chi connectivity index (χ0) is 13.8. The van der Waals surface area contributed by atoms with E-state index >= 15 is 0 Å². The lowest BCUT2D eigenvalue weighted by Crippen LogP contribution is -2.48. The van der Waals surface area contributed by atoms with Crippen molar-refractivity contribution in [2.45, 2.75) is 46.2 Å². The summed E-state index contributed by atoms with van der Waals surface area (Å²) in [5.74, 6) is 0.623. The van der Waals surface area contributed by atoms with Gasteiger partial charge in [-0.3, -0.25) is 9.80 Å². The van der Waals surface area contributed by atoms with E-state index in [2.05, 4.69) is 61.8 Å². The lowest BCUT2D eigenvalue weighted by Gasteiger charge is -2.37. The normalized spacial score (nSPS) is 18.4. The molecule has 1 aliphatic heterocycles.